The highest BCUT2D eigenvalue weighted by molar-refractivity contribution is 6.07. The van der Waals surface area contributed by atoms with Crippen molar-refractivity contribution in [2.24, 2.45) is 0 Å². The van der Waals surface area contributed by atoms with Crippen LogP contribution < -0.4 is 20.4 Å². The quantitative estimate of drug-likeness (QED) is 0.330. The fraction of sp³-hybridized carbons (Fsp3) is 0.179. The number of nitrogens with zero attached hydrogens (tertiary/aromatic N) is 4. The van der Waals surface area contributed by atoms with Crippen molar-refractivity contribution >= 4 is 34.9 Å². The zero-order chi connectivity index (χ0) is 24.8. The highest BCUT2D eigenvalue weighted by atomic mass is 16.2. The van der Waals surface area contributed by atoms with Gasteiger partial charge in [-0.2, -0.15) is 4.98 Å². The van der Waals surface area contributed by atoms with Gasteiger partial charge in [0.1, 0.15) is 5.82 Å². The number of aromatic nitrogens is 2. The normalized spacial score (nSPS) is 11.4. The number of anilines is 5. The summed E-state index contributed by atoms with van der Waals surface area (Å²) in [7, 11) is 3.93. The molecule has 2 amide bonds. The van der Waals surface area contributed by atoms with Gasteiger partial charge in [0, 0.05) is 37.7 Å². The second kappa shape index (κ2) is 10.7. The maximum Gasteiger partial charge on any atom is 0.332 e. The smallest absolute Gasteiger partial charge is 0.332 e. The molecule has 0 spiro atoms. The van der Waals surface area contributed by atoms with Gasteiger partial charge in [0.15, 0.2) is 0 Å². The van der Waals surface area contributed by atoms with Gasteiger partial charge in [0.05, 0.1) is 11.7 Å². The van der Waals surface area contributed by atoms with Crippen LogP contribution in [0.1, 0.15) is 24.1 Å². The summed E-state index contributed by atoms with van der Waals surface area (Å²) >= 11 is 0. The van der Waals surface area contributed by atoms with Crippen molar-refractivity contribution in [2.45, 2.75) is 19.9 Å². The third-order valence-corrected chi connectivity index (χ3v) is 5.71. The molecule has 0 fully saturated rings. The zero-order valence-electron chi connectivity index (χ0n) is 20.4. The van der Waals surface area contributed by atoms with Crippen LogP contribution in [-0.4, -0.2) is 30.1 Å². The van der Waals surface area contributed by atoms with Gasteiger partial charge < -0.3 is 15.5 Å². The number of benzene rings is 3. The monoisotopic (exact) mass is 466 g/mol. The van der Waals surface area contributed by atoms with Gasteiger partial charge in [-0.05, 0) is 49.2 Å². The van der Waals surface area contributed by atoms with Crippen LogP contribution in [-0.2, 0) is 0 Å². The minimum absolute atomic E-state index is 0.00207. The van der Waals surface area contributed by atoms with Gasteiger partial charge in [-0.25, -0.2) is 14.7 Å². The second-order valence-electron chi connectivity index (χ2n) is 8.51. The van der Waals surface area contributed by atoms with Gasteiger partial charge in [-0.1, -0.05) is 54.6 Å². The Morgan fingerprint density at radius 2 is 1.60 bits per heavy atom. The number of hydrogen-bond donors (Lipinski definition) is 2. The molecule has 178 valence electrons. The lowest BCUT2D eigenvalue weighted by Crippen LogP contribution is -2.32. The number of aryl methyl sites for hydroxylation is 1. The predicted octanol–water partition coefficient (Wildman–Crippen LogP) is 6.39. The van der Waals surface area contributed by atoms with E-state index < -0.39 is 0 Å². The molecule has 1 heterocycles. The van der Waals surface area contributed by atoms with E-state index in [1.54, 1.807) is 17.2 Å². The van der Waals surface area contributed by atoms with Crippen LogP contribution in [0, 0.1) is 6.92 Å². The summed E-state index contributed by atoms with van der Waals surface area (Å²) in [6.45, 7) is 4.01. The Balaban J connectivity index is 1.69. The Bertz CT molecular complexity index is 1290. The lowest BCUT2D eigenvalue weighted by Gasteiger charge is -2.25. The third-order valence-electron chi connectivity index (χ3n) is 5.71. The number of rotatable bonds is 7. The summed E-state index contributed by atoms with van der Waals surface area (Å²) in [5.41, 5.74) is 4.51. The average molecular weight is 467 g/mol. The van der Waals surface area contributed by atoms with Crippen molar-refractivity contribution in [3.05, 3.63) is 102 Å². The molecule has 3 aromatic carbocycles. The van der Waals surface area contributed by atoms with E-state index in [0.717, 1.165) is 22.5 Å². The van der Waals surface area contributed by atoms with Crippen LogP contribution in [0.25, 0.3) is 0 Å². The van der Waals surface area contributed by atoms with E-state index in [1.807, 2.05) is 92.6 Å². The number of carbonyl (C=O) groups is 1. The maximum atomic E-state index is 13.6. The Labute approximate surface area is 206 Å². The molecule has 2 N–H and O–H groups in total. The molecule has 0 bridgehead atoms. The molecule has 7 nitrogen and oxygen atoms in total. The Morgan fingerprint density at radius 1 is 0.886 bits per heavy atom. The molecule has 0 aliphatic carbocycles. The molecule has 35 heavy (non-hydrogen) atoms. The molecule has 7 heteroatoms. The third kappa shape index (κ3) is 5.76. The summed E-state index contributed by atoms with van der Waals surface area (Å²) in [4.78, 5) is 26.3. The van der Waals surface area contributed by atoms with Crippen molar-refractivity contribution in [1.82, 2.24) is 9.97 Å². The van der Waals surface area contributed by atoms with Crippen LogP contribution in [0.15, 0.2) is 91.1 Å². The molecular weight excluding hydrogens is 436 g/mol. The first-order valence-electron chi connectivity index (χ1n) is 11.5. The fourth-order valence-electron chi connectivity index (χ4n) is 3.71. The van der Waals surface area contributed by atoms with Crippen LogP contribution in [0.2, 0.25) is 0 Å². The number of hydrogen-bond acceptors (Lipinski definition) is 5. The molecule has 0 saturated carbocycles. The van der Waals surface area contributed by atoms with E-state index in [1.165, 1.54) is 0 Å². The molecular formula is C28H30N6O. The first kappa shape index (κ1) is 23.8. The van der Waals surface area contributed by atoms with E-state index in [-0.39, 0.29) is 12.1 Å². The first-order valence-corrected chi connectivity index (χ1v) is 11.5. The number of para-hydroxylation sites is 1. The summed E-state index contributed by atoms with van der Waals surface area (Å²) in [6, 6.07) is 27.0. The highest BCUT2D eigenvalue weighted by Crippen LogP contribution is 2.29. The molecule has 0 radical (unpaired) electrons. The molecule has 4 rings (SSSR count). The first-order chi connectivity index (χ1) is 16.9. The van der Waals surface area contributed by atoms with E-state index in [2.05, 4.69) is 34.7 Å². The maximum absolute atomic E-state index is 13.6. The average Bonchev–Trinajstić information content (AvgIpc) is 2.86. The second-order valence-corrected chi connectivity index (χ2v) is 8.51. The topological polar surface area (TPSA) is 73.4 Å². The van der Waals surface area contributed by atoms with Crippen LogP contribution in [0.3, 0.4) is 0 Å². The minimum atomic E-state index is -0.309. The van der Waals surface area contributed by atoms with E-state index in [4.69, 9.17) is 4.98 Å². The van der Waals surface area contributed by atoms with Crippen molar-refractivity contribution in [1.29, 1.82) is 0 Å². The Kier molecular flexibility index (Phi) is 7.26. The highest BCUT2D eigenvalue weighted by Gasteiger charge is 2.22. The Morgan fingerprint density at radius 3 is 2.34 bits per heavy atom. The van der Waals surface area contributed by atoms with Crippen LogP contribution >= 0.6 is 0 Å². The summed E-state index contributed by atoms with van der Waals surface area (Å²) in [5.74, 6) is 0.904. The lowest BCUT2D eigenvalue weighted by atomic mass is 10.1. The number of carbonyl (C=O) groups excluding carboxylic acids is 1. The van der Waals surface area contributed by atoms with E-state index in [0.29, 0.717) is 17.5 Å². The SMILES string of the molecule is Cc1ccccc1NC(=O)N(c1cccc(N(C)C)c1)c1ccnc(N[C@@H](C)c2ccccc2)n1. The fourth-order valence-corrected chi connectivity index (χ4v) is 3.71. The molecule has 0 saturated heterocycles. The van der Waals surface area contributed by atoms with E-state index in [9.17, 15) is 4.79 Å². The molecule has 4 aromatic rings. The number of nitrogens with one attached hydrogen (secondary N) is 2. The van der Waals surface area contributed by atoms with E-state index >= 15 is 0 Å². The molecule has 1 atom stereocenters. The van der Waals surface area contributed by atoms with Gasteiger partial charge in [-0.15, -0.1) is 0 Å². The summed E-state index contributed by atoms with van der Waals surface area (Å²) in [5, 5.41) is 6.38. The van der Waals surface area contributed by atoms with Crippen LogP contribution in [0.5, 0.6) is 0 Å². The number of amides is 2. The number of urea groups is 1. The standard InChI is InChI=1S/C28H30N6O/c1-20-11-8-9-16-25(20)31-28(35)34(24-15-10-14-23(19-24)33(3)4)26-17-18-29-27(32-26)30-21(2)22-12-6-5-7-13-22/h5-19,21H,1-4H3,(H,31,35)(H,29,30,32)/t21-/m0/s1. The van der Waals surface area contributed by atoms with Crippen molar-refractivity contribution in [3.63, 3.8) is 0 Å². The Hall–Kier alpha value is -4.39. The molecule has 0 aliphatic heterocycles. The summed E-state index contributed by atoms with van der Waals surface area (Å²) < 4.78 is 0. The molecule has 0 unspecified atom stereocenters. The largest absolute Gasteiger partial charge is 0.378 e. The van der Waals surface area contributed by atoms with Crippen molar-refractivity contribution in [2.75, 3.05) is 34.5 Å². The van der Waals surface area contributed by atoms with Crippen LogP contribution in [0.4, 0.5) is 33.6 Å². The van der Waals surface area contributed by atoms with Gasteiger partial charge in [0.25, 0.3) is 0 Å². The summed E-state index contributed by atoms with van der Waals surface area (Å²) in [6.07, 6.45) is 1.66. The zero-order valence-corrected chi connectivity index (χ0v) is 20.4. The lowest BCUT2D eigenvalue weighted by molar-refractivity contribution is 0.259. The minimum Gasteiger partial charge on any atom is -0.378 e. The van der Waals surface area contributed by atoms with Gasteiger partial charge >= 0.3 is 6.03 Å². The van der Waals surface area contributed by atoms with Crippen molar-refractivity contribution < 1.29 is 4.79 Å². The van der Waals surface area contributed by atoms with Gasteiger partial charge in [-0.3, -0.25) is 0 Å². The predicted molar refractivity (Wildman–Crippen MR) is 144 cm³/mol. The molecule has 1 aromatic heterocycles. The molecule has 0 aliphatic rings. The van der Waals surface area contributed by atoms with Gasteiger partial charge in [0.2, 0.25) is 5.95 Å². The van der Waals surface area contributed by atoms with Crippen molar-refractivity contribution in [3.8, 4) is 0 Å².